The maximum Gasteiger partial charge on any atom is 0.295 e. The Kier molecular flexibility index (Phi) is 18.0. The van der Waals surface area contributed by atoms with Gasteiger partial charge in [0, 0.05) is 33.6 Å². The Morgan fingerprint density at radius 3 is 1.37 bits per heavy atom. The molecule has 0 aromatic heterocycles. The molecule has 1 radical (unpaired) electrons. The summed E-state index contributed by atoms with van der Waals surface area (Å²) in [7, 11) is -2.07. The van der Waals surface area contributed by atoms with Crippen LogP contribution in [0.3, 0.4) is 0 Å². The van der Waals surface area contributed by atoms with Crippen LogP contribution in [0, 0.1) is 0 Å². The number of hydrogen-bond acceptors (Lipinski definition) is 0. The molecule has 0 atom stereocenters. The molecule has 0 N–H and O–H groups in total. The predicted octanol–water partition coefficient (Wildman–Crippen LogP) is 5.14. The van der Waals surface area contributed by atoms with Crippen LogP contribution in [0.1, 0.15) is 0 Å². The molecular weight excluding hydrogens is 553 g/mol. The molecule has 153 valence electrons. The van der Waals surface area contributed by atoms with Crippen molar-refractivity contribution in [3.8, 4) is 0 Å². The molecule has 0 unspecified atom stereocenters. The molecule has 2 aromatic rings. The van der Waals surface area contributed by atoms with Gasteiger partial charge in [-0.2, -0.15) is 15.9 Å². The maximum atomic E-state index is 7.08. The molecule has 2 nitrogen and oxygen atoms in total. The van der Waals surface area contributed by atoms with E-state index < -0.39 is 14.1 Å². The molecule has 0 fully saturated rings. The fourth-order valence-corrected chi connectivity index (χ4v) is 7.07. The van der Waals surface area contributed by atoms with E-state index in [0.717, 1.165) is 10.4 Å². The maximum absolute atomic E-state index is 7.08. The van der Waals surface area contributed by atoms with Crippen molar-refractivity contribution in [3.05, 3.63) is 66.2 Å². The fourth-order valence-electron chi connectivity index (χ4n) is 1.69. The summed E-state index contributed by atoms with van der Waals surface area (Å²) in [6.07, 6.45) is 0. The van der Waals surface area contributed by atoms with Crippen LogP contribution in [0.15, 0.2) is 60.7 Å². The smallest absolute Gasteiger partial charge is 0.295 e. The van der Waals surface area contributed by atoms with E-state index in [1.807, 2.05) is 60.7 Å². The van der Waals surface area contributed by atoms with E-state index >= 15 is 0 Å². The molecule has 0 saturated heterocycles. The van der Waals surface area contributed by atoms with Crippen LogP contribution >= 0.6 is 68.0 Å². The van der Waals surface area contributed by atoms with Gasteiger partial charge in [-0.3, -0.25) is 0 Å². The van der Waals surface area contributed by atoms with Gasteiger partial charge in [-0.25, -0.2) is 0 Å². The summed E-state index contributed by atoms with van der Waals surface area (Å²) >= 11 is 35.5. The second-order valence-electron chi connectivity index (χ2n) is 4.94. The first-order valence-corrected chi connectivity index (χ1v) is 16.5. The molecule has 0 aliphatic rings. The average molecular weight is 571 g/mol. The molecule has 0 aliphatic heterocycles. The van der Waals surface area contributed by atoms with Crippen molar-refractivity contribution in [2.24, 2.45) is 0 Å². The van der Waals surface area contributed by atoms with Crippen LogP contribution < -0.4 is 10.4 Å². The number of halogens is 6. The Bertz CT molecular complexity index is 654. The van der Waals surface area contributed by atoms with Crippen molar-refractivity contribution < 1.29 is 21.9 Å². The first-order valence-electron chi connectivity index (χ1n) is 7.27. The third-order valence-electron chi connectivity index (χ3n) is 3.08. The van der Waals surface area contributed by atoms with E-state index in [2.05, 4.69) is 11.5 Å². The molecule has 0 saturated carbocycles. The Balaban J connectivity index is 0. The van der Waals surface area contributed by atoms with Crippen LogP contribution in [0.5, 0.6) is 0 Å². The van der Waals surface area contributed by atoms with Gasteiger partial charge in [0.25, 0.3) is 6.69 Å². The first kappa shape index (κ1) is 29.7. The second-order valence-corrected chi connectivity index (χ2v) is 19.3. The number of nitrogens with zero attached hydrogens (tertiary/aromatic N) is 2. The van der Waals surface area contributed by atoms with Gasteiger partial charge in [0.2, 0.25) is 14.1 Å². The number of benzene rings is 2. The zero-order chi connectivity index (χ0) is 20.1. The summed E-state index contributed by atoms with van der Waals surface area (Å²) in [6, 6.07) is 19.4. The minimum Gasteiger partial charge on any atom is -0.362 e. The number of hydrogen-bond donors (Lipinski definition) is 0. The van der Waals surface area contributed by atoms with Gasteiger partial charge < -0.3 is 5.53 Å². The van der Waals surface area contributed by atoms with E-state index in [9.17, 15) is 0 Å². The van der Waals surface area contributed by atoms with Crippen molar-refractivity contribution in [3.63, 3.8) is 0 Å². The summed E-state index contributed by atoms with van der Waals surface area (Å²) in [5, 5.41) is 2.08. The monoisotopic (exact) mass is 567 g/mol. The molecule has 0 bridgehead atoms. The average Bonchev–Trinajstić information content (AvgIpc) is 2.70. The molecule has 0 heterocycles. The standard InChI is InChI=1S/C8H9Cl3Si.C7H7Cl3Si.CH2N2.Cu/c9-6-12(11,7-10)8-4-2-1-3-5-8;8-6-11(9,10)7-4-2-1-3-5-7;1-3-2;/h1-5H,6-7H2;1-5H,6H2;1H2;. The van der Waals surface area contributed by atoms with Crippen molar-refractivity contribution >= 4 is 99.2 Å². The van der Waals surface area contributed by atoms with Gasteiger partial charge in [0.1, 0.15) is 0 Å². The van der Waals surface area contributed by atoms with E-state index in [1.165, 1.54) is 0 Å². The van der Waals surface area contributed by atoms with Crippen LogP contribution in [-0.2, 0) is 17.1 Å². The SMILES string of the molecule is C=[N+]=[N-].ClC[Si](Cl)(CCl)c1ccccc1.ClC[Si](Cl)(Cl)c1ccccc1.[Cu]. The van der Waals surface area contributed by atoms with E-state index in [-0.39, 0.29) is 17.1 Å². The Morgan fingerprint density at radius 1 is 0.741 bits per heavy atom. The zero-order valence-electron chi connectivity index (χ0n) is 14.1. The summed E-state index contributed by atoms with van der Waals surface area (Å²) in [5.74, 6) is 0. The summed E-state index contributed by atoms with van der Waals surface area (Å²) in [5.41, 5.74) is 8.34. The van der Waals surface area contributed by atoms with Crippen molar-refractivity contribution in [1.29, 1.82) is 0 Å². The van der Waals surface area contributed by atoms with Crippen molar-refractivity contribution in [1.82, 2.24) is 0 Å². The third-order valence-corrected chi connectivity index (χ3v) is 16.0. The van der Waals surface area contributed by atoms with Crippen LogP contribution in [0.4, 0.5) is 0 Å². The van der Waals surface area contributed by atoms with E-state index in [4.69, 9.17) is 73.6 Å². The van der Waals surface area contributed by atoms with E-state index in [1.54, 1.807) is 0 Å². The van der Waals surface area contributed by atoms with Crippen molar-refractivity contribution in [2.75, 3.05) is 16.5 Å². The van der Waals surface area contributed by atoms with Crippen LogP contribution in [0.2, 0.25) is 0 Å². The largest absolute Gasteiger partial charge is 0.362 e. The minimum atomic E-state index is -2.34. The van der Waals surface area contributed by atoms with Crippen LogP contribution in [0.25, 0.3) is 5.53 Å². The molecule has 0 aliphatic carbocycles. The van der Waals surface area contributed by atoms with Crippen LogP contribution in [-0.4, -0.2) is 42.1 Å². The molecule has 2 rings (SSSR count). The first-order chi connectivity index (χ1) is 12.3. The van der Waals surface area contributed by atoms with E-state index in [0.29, 0.717) is 16.5 Å². The Hall–Kier alpha value is 0.513. The van der Waals surface area contributed by atoms with Gasteiger partial charge in [-0.1, -0.05) is 60.7 Å². The molecule has 0 spiro atoms. The zero-order valence-corrected chi connectivity index (χ0v) is 21.5. The Labute approximate surface area is 202 Å². The summed E-state index contributed by atoms with van der Waals surface area (Å²) in [4.78, 5) is 2.25. The van der Waals surface area contributed by atoms with Crippen molar-refractivity contribution in [2.45, 2.75) is 0 Å². The Morgan fingerprint density at radius 2 is 1.07 bits per heavy atom. The normalized spacial score (nSPS) is 10.1. The molecule has 11 heteroatoms. The second kappa shape index (κ2) is 16.3. The quantitative estimate of drug-likeness (QED) is 0.119. The summed E-state index contributed by atoms with van der Waals surface area (Å²) < 4.78 is 0. The number of rotatable bonds is 5. The summed E-state index contributed by atoms with van der Waals surface area (Å²) in [6.45, 7) is 0.323. The molecular formula is C16H18Cl6CuN2Si2. The fraction of sp³-hybridized carbons (Fsp3) is 0.188. The third kappa shape index (κ3) is 11.3. The van der Waals surface area contributed by atoms with Gasteiger partial charge in [0.15, 0.2) is 0 Å². The molecule has 2 aromatic carbocycles. The molecule has 0 amide bonds. The van der Waals surface area contributed by atoms with Gasteiger partial charge in [0.05, 0.1) is 0 Å². The minimum absolute atomic E-state index is 0. The van der Waals surface area contributed by atoms with Gasteiger partial charge in [-0.05, 0) is 10.4 Å². The molecule has 27 heavy (non-hydrogen) atoms. The van der Waals surface area contributed by atoms with Gasteiger partial charge >= 0.3 is 0 Å². The number of alkyl halides is 3. The topological polar surface area (TPSA) is 36.4 Å². The van der Waals surface area contributed by atoms with Gasteiger partial charge in [-0.15, -0.1) is 57.0 Å². The predicted molar refractivity (Wildman–Crippen MR) is 124 cm³/mol.